The molecule has 1 unspecified atom stereocenters. The van der Waals surface area contributed by atoms with Gasteiger partial charge in [0.15, 0.2) is 0 Å². The van der Waals surface area contributed by atoms with Gasteiger partial charge in [-0.1, -0.05) is 12.1 Å². The Morgan fingerprint density at radius 1 is 1.19 bits per heavy atom. The average molecular weight is 285 g/mol. The first-order chi connectivity index (χ1) is 10.2. The van der Waals surface area contributed by atoms with Crippen molar-refractivity contribution in [2.24, 2.45) is 5.73 Å². The zero-order valence-corrected chi connectivity index (χ0v) is 11.7. The van der Waals surface area contributed by atoms with Crippen LogP contribution in [0.15, 0.2) is 36.4 Å². The zero-order valence-electron chi connectivity index (χ0n) is 11.7. The normalized spacial score (nSPS) is 15.5. The fraction of sp³-hybridized carbons (Fsp3) is 0.235. The molecule has 0 spiro atoms. The van der Waals surface area contributed by atoms with Gasteiger partial charge >= 0.3 is 5.97 Å². The molecule has 0 fully saturated rings. The number of ether oxygens (including phenoxy) is 1. The highest BCUT2D eigenvalue weighted by atomic mass is 19.1. The molecule has 0 heterocycles. The molecule has 2 aromatic carbocycles. The van der Waals surface area contributed by atoms with Gasteiger partial charge in [0, 0.05) is 5.92 Å². The summed E-state index contributed by atoms with van der Waals surface area (Å²) in [5, 5.41) is 0. The summed E-state index contributed by atoms with van der Waals surface area (Å²) >= 11 is 0. The molecule has 0 saturated carbocycles. The van der Waals surface area contributed by atoms with Gasteiger partial charge in [0.05, 0.1) is 12.7 Å². The molecule has 0 bridgehead atoms. The number of benzene rings is 2. The molecular formula is C17H16FNO2. The minimum absolute atomic E-state index is 0.0281. The van der Waals surface area contributed by atoms with E-state index in [2.05, 4.69) is 0 Å². The SMILES string of the molecule is COC(=O)c1ccc2c(c1)C(CCN)c1cc(F)ccc1-2. The molecule has 2 N–H and O–H groups in total. The third-order valence-corrected chi connectivity index (χ3v) is 3.98. The lowest BCUT2D eigenvalue weighted by molar-refractivity contribution is 0.0600. The highest BCUT2D eigenvalue weighted by Gasteiger charge is 2.29. The molecule has 3 rings (SSSR count). The second kappa shape index (κ2) is 5.30. The number of hydrogen-bond acceptors (Lipinski definition) is 3. The van der Waals surface area contributed by atoms with Crippen molar-refractivity contribution in [3.05, 3.63) is 58.9 Å². The van der Waals surface area contributed by atoms with Crippen molar-refractivity contribution in [2.45, 2.75) is 12.3 Å². The van der Waals surface area contributed by atoms with E-state index in [1.165, 1.54) is 13.2 Å². The molecule has 1 aliphatic rings. The van der Waals surface area contributed by atoms with Crippen LogP contribution in [0, 0.1) is 5.82 Å². The summed E-state index contributed by atoms with van der Waals surface area (Å²) in [7, 11) is 1.36. The van der Waals surface area contributed by atoms with Gasteiger partial charge in [-0.15, -0.1) is 0 Å². The molecule has 1 aliphatic carbocycles. The third kappa shape index (κ3) is 2.21. The summed E-state index contributed by atoms with van der Waals surface area (Å²) in [5.41, 5.74) is 10.2. The largest absolute Gasteiger partial charge is 0.465 e. The minimum Gasteiger partial charge on any atom is -0.465 e. The van der Waals surface area contributed by atoms with Gasteiger partial charge in [-0.25, -0.2) is 9.18 Å². The van der Waals surface area contributed by atoms with Crippen LogP contribution in [-0.2, 0) is 4.74 Å². The van der Waals surface area contributed by atoms with Gasteiger partial charge in [0.25, 0.3) is 0 Å². The summed E-state index contributed by atoms with van der Waals surface area (Å²) in [6.07, 6.45) is 0.716. The summed E-state index contributed by atoms with van der Waals surface area (Å²) in [6.45, 7) is 0.502. The second-order valence-corrected chi connectivity index (χ2v) is 5.16. The summed E-state index contributed by atoms with van der Waals surface area (Å²) in [4.78, 5) is 11.7. The van der Waals surface area contributed by atoms with Crippen LogP contribution < -0.4 is 5.73 Å². The van der Waals surface area contributed by atoms with Gasteiger partial charge in [-0.2, -0.15) is 0 Å². The maximum Gasteiger partial charge on any atom is 0.337 e. The van der Waals surface area contributed by atoms with E-state index in [1.807, 2.05) is 12.1 Å². The molecule has 3 nitrogen and oxygen atoms in total. The number of nitrogens with two attached hydrogens (primary N) is 1. The van der Waals surface area contributed by atoms with Crippen LogP contribution in [-0.4, -0.2) is 19.6 Å². The van der Waals surface area contributed by atoms with Crippen LogP contribution >= 0.6 is 0 Å². The van der Waals surface area contributed by atoms with E-state index in [9.17, 15) is 9.18 Å². The molecule has 0 radical (unpaired) electrons. The van der Waals surface area contributed by atoms with Gasteiger partial charge in [-0.3, -0.25) is 0 Å². The Morgan fingerprint density at radius 3 is 2.52 bits per heavy atom. The Hall–Kier alpha value is -2.20. The third-order valence-electron chi connectivity index (χ3n) is 3.98. The lowest BCUT2D eigenvalue weighted by atomic mass is 9.92. The number of fused-ring (bicyclic) bond motifs is 3. The Bertz CT molecular complexity index is 712. The van der Waals surface area contributed by atoms with Crippen molar-refractivity contribution in [3.8, 4) is 11.1 Å². The molecule has 21 heavy (non-hydrogen) atoms. The Morgan fingerprint density at radius 2 is 1.86 bits per heavy atom. The maximum atomic E-state index is 13.6. The van der Waals surface area contributed by atoms with Crippen LogP contribution in [0.3, 0.4) is 0 Å². The molecule has 0 amide bonds. The van der Waals surface area contributed by atoms with E-state index >= 15 is 0 Å². The van der Waals surface area contributed by atoms with Crippen LogP contribution in [0.25, 0.3) is 11.1 Å². The first kappa shape index (κ1) is 13.8. The van der Waals surface area contributed by atoms with Gasteiger partial charge in [0.2, 0.25) is 0 Å². The molecule has 0 aromatic heterocycles. The topological polar surface area (TPSA) is 52.3 Å². The molecule has 0 saturated heterocycles. The average Bonchev–Trinajstić information content (AvgIpc) is 2.80. The number of methoxy groups -OCH3 is 1. The van der Waals surface area contributed by atoms with Gasteiger partial charge < -0.3 is 10.5 Å². The monoisotopic (exact) mass is 285 g/mol. The van der Waals surface area contributed by atoms with Crippen molar-refractivity contribution in [3.63, 3.8) is 0 Å². The highest BCUT2D eigenvalue weighted by molar-refractivity contribution is 5.92. The number of carbonyl (C=O) groups excluding carboxylic acids is 1. The van der Waals surface area contributed by atoms with Crippen molar-refractivity contribution >= 4 is 5.97 Å². The summed E-state index contributed by atoms with van der Waals surface area (Å²) < 4.78 is 18.3. The number of hydrogen-bond donors (Lipinski definition) is 1. The zero-order chi connectivity index (χ0) is 15.0. The lowest BCUT2D eigenvalue weighted by Crippen LogP contribution is -2.08. The molecule has 4 heteroatoms. The Kier molecular flexibility index (Phi) is 3.47. The number of halogens is 1. The van der Waals surface area contributed by atoms with Crippen molar-refractivity contribution in [2.75, 3.05) is 13.7 Å². The van der Waals surface area contributed by atoms with E-state index < -0.39 is 0 Å². The van der Waals surface area contributed by atoms with E-state index in [0.29, 0.717) is 18.5 Å². The minimum atomic E-state index is -0.369. The predicted molar refractivity (Wildman–Crippen MR) is 78.7 cm³/mol. The van der Waals surface area contributed by atoms with Crippen molar-refractivity contribution < 1.29 is 13.9 Å². The van der Waals surface area contributed by atoms with E-state index in [-0.39, 0.29) is 17.7 Å². The predicted octanol–water partition coefficient (Wildman–Crippen LogP) is 3.07. The quantitative estimate of drug-likeness (QED) is 0.882. The van der Waals surface area contributed by atoms with Crippen LogP contribution in [0.1, 0.15) is 33.8 Å². The Balaban J connectivity index is 2.16. The van der Waals surface area contributed by atoms with Gasteiger partial charge in [-0.05, 0) is 59.5 Å². The second-order valence-electron chi connectivity index (χ2n) is 5.16. The highest BCUT2D eigenvalue weighted by Crippen LogP contribution is 2.46. The van der Waals surface area contributed by atoms with E-state index in [0.717, 1.165) is 22.3 Å². The standard InChI is InChI=1S/C17H16FNO2/c1-21-17(20)10-2-4-12-13-5-3-11(18)9-16(13)14(6-7-19)15(12)8-10/h2-5,8-9,14H,6-7,19H2,1H3. The summed E-state index contributed by atoms with van der Waals surface area (Å²) in [5.74, 6) is -0.594. The van der Waals surface area contributed by atoms with Crippen molar-refractivity contribution in [1.82, 2.24) is 0 Å². The van der Waals surface area contributed by atoms with Crippen LogP contribution in [0.5, 0.6) is 0 Å². The molecular weight excluding hydrogens is 269 g/mol. The molecule has 108 valence electrons. The number of esters is 1. The van der Waals surface area contributed by atoms with Crippen LogP contribution in [0.4, 0.5) is 4.39 Å². The smallest absolute Gasteiger partial charge is 0.337 e. The van der Waals surface area contributed by atoms with Gasteiger partial charge in [0.1, 0.15) is 5.82 Å². The summed E-state index contributed by atoms with van der Waals surface area (Å²) in [6, 6.07) is 10.3. The maximum absolute atomic E-state index is 13.6. The van der Waals surface area contributed by atoms with Crippen LogP contribution in [0.2, 0.25) is 0 Å². The first-order valence-corrected chi connectivity index (χ1v) is 6.88. The lowest BCUT2D eigenvalue weighted by Gasteiger charge is -2.12. The Labute approximate surface area is 122 Å². The first-order valence-electron chi connectivity index (χ1n) is 6.88. The van der Waals surface area contributed by atoms with E-state index in [4.69, 9.17) is 10.5 Å². The van der Waals surface area contributed by atoms with E-state index in [1.54, 1.807) is 18.2 Å². The number of rotatable bonds is 3. The van der Waals surface area contributed by atoms with Crippen molar-refractivity contribution in [1.29, 1.82) is 0 Å². The fourth-order valence-corrected chi connectivity index (χ4v) is 3.05. The molecule has 2 aromatic rings. The molecule has 1 atom stereocenters. The fourth-order valence-electron chi connectivity index (χ4n) is 3.05. The number of carbonyl (C=O) groups is 1. The molecule has 0 aliphatic heterocycles.